The van der Waals surface area contributed by atoms with Gasteiger partial charge in [-0.15, -0.1) is 0 Å². The number of hydrogen-bond acceptors (Lipinski definition) is 5. The summed E-state index contributed by atoms with van der Waals surface area (Å²) in [5.74, 6) is 0.667. The lowest BCUT2D eigenvalue weighted by Crippen LogP contribution is -2.29. The van der Waals surface area contributed by atoms with Crippen molar-refractivity contribution in [2.24, 2.45) is 0 Å². The number of hydrogen-bond donors (Lipinski definition) is 1. The van der Waals surface area contributed by atoms with Crippen LogP contribution in [0.2, 0.25) is 0 Å². The van der Waals surface area contributed by atoms with Gasteiger partial charge in [-0.3, -0.25) is 9.59 Å². The maximum absolute atomic E-state index is 12.4. The van der Waals surface area contributed by atoms with Crippen LogP contribution in [0.15, 0.2) is 63.9 Å². The third-order valence-corrected chi connectivity index (χ3v) is 4.44. The number of carbonyl (C=O) groups is 1. The molecule has 0 saturated heterocycles. The maximum atomic E-state index is 12.4. The smallest absolute Gasteiger partial charge is 0.267 e. The van der Waals surface area contributed by atoms with Gasteiger partial charge < -0.3 is 14.8 Å². The minimum Gasteiger partial charge on any atom is -0.493 e. The molecule has 0 unspecified atom stereocenters. The molecule has 0 spiro atoms. The number of anilines is 1. The second-order valence-electron chi connectivity index (χ2n) is 5.84. The number of carbonyl (C=O) groups excluding carboxylic acids is 1. The molecular weight excluding hydrogens is 426 g/mol. The summed E-state index contributed by atoms with van der Waals surface area (Å²) < 4.78 is 12.4. The summed E-state index contributed by atoms with van der Waals surface area (Å²) in [5, 5.41) is 7.03. The normalized spacial score (nSPS) is 10.4. The van der Waals surface area contributed by atoms with E-state index in [0.29, 0.717) is 22.9 Å². The lowest BCUT2D eigenvalue weighted by molar-refractivity contribution is -0.117. The van der Waals surface area contributed by atoms with Crippen molar-refractivity contribution in [1.82, 2.24) is 9.78 Å². The van der Waals surface area contributed by atoms with Crippen LogP contribution in [0.3, 0.4) is 0 Å². The van der Waals surface area contributed by atoms with E-state index in [-0.39, 0.29) is 18.0 Å². The van der Waals surface area contributed by atoms with Crippen LogP contribution < -0.4 is 20.3 Å². The first-order valence-corrected chi connectivity index (χ1v) is 9.15. The quantitative estimate of drug-likeness (QED) is 0.631. The molecule has 0 bridgehead atoms. The van der Waals surface area contributed by atoms with Crippen molar-refractivity contribution >= 4 is 27.5 Å². The standard InChI is InChI=1S/C20H18BrN3O4/c1-27-17-8-6-15(11-18(17)28-2)22-19(25)12-24-20(26)9-7-16(23-24)13-4-3-5-14(21)10-13/h3-11H,12H2,1-2H3,(H,22,25). The molecule has 3 rings (SSSR count). The number of rotatable bonds is 6. The molecule has 0 saturated carbocycles. The Bertz CT molecular complexity index is 1070. The van der Waals surface area contributed by atoms with Crippen molar-refractivity contribution in [3.63, 3.8) is 0 Å². The molecule has 0 atom stereocenters. The predicted octanol–water partition coefficient (Wildman–Crippen LogP) is 3.33. The lowest BCUT2D eigenvalue weighted by Gasteiger charge is -2.11. The zero-order valence-corrected chi connectivity index (χ0v) is 16.9. The van der Waals surface area contributed by atoms with Gasteiger partial charge in [-0.05, 0) is 30.3 Å². The Kier molecular flexibility index (Phi) is 6.10. The van der Waals surface area contributed by atoms with Crippen LogP contribution in [0.1, 0.15) is 0 Å². The first kappa shape index (κ1) is 19.6. The van der Waals surface area contributed by atoms with Crippen molar-refractivity contribution in [3.05, 3.63) is 69.4 Å². The fraction of sp³-hybridized carbons (Fsp3) is 0.150. The average molecular weight is 444 g/mol. The van der Waals surface area contributed by atoms with Crippen molar-refractivity contribution in [3.8, 4) is 22.8 Å². The van der Waals surface area contributed by atoms with E-state index in [9.17, 15) is 9.59 Å². The second kappa shape index (κ2) is 8.71. The summed E-state index contributed by atoms with van der Waals surface area (Å²) >= 11 is 3.41. The van der Waals surface area contributed by atoms with E-state index in [1.165, 1.54) is 20.3 Å². The molecule has 7 nitrogen and oxygen atoms in total. The Labute approximate surface area is 170 Å². The van der Waals surface area contributed by atoms with Gasteiger partial charge in [0, 0.05) is 27.9 Å². The number of amides is 1. The Morgan fingerprint density at radius 1 is 1.07 bits per heavy atom. The van der Waals surface area contributed by atoms with Crippen LogP contribution in [0.4, 0.5) is 5.69 Å². The molecule has 144 valence electrons. The number of aromatic nitrogens is 2. The largest absolute Gasteiger partial charge is 0.493 e. The van der Waals surface area contributed by atoms with Gasteiger partial charge in [-0.2, -0.15) is 5.10 Å². The minimum atomic E-state index is -0.381. The molecule has 2 aromatic carbocycles. The van der Waals surface area contributed by atoms with Gasteiger partial charge in [-0.25, -0.2) is 4.68 Å². The number of ether oxygens (including phenoxy) is 2. The minimum absolute atomic E-state index is 0.213. The summed E-state index contributed by atoms with van der Waals surface area (Å²) in [6.45, 7) is -0.213. The molecule has 0 aliphatic rings. The molecule has 28 heavy (non-hydrogen) atoms. The van der Waals surface area contributed by atoms with Gasteiger partial charge >= 0.3 is 0 Å². The molecule has 0 fully saturated rings. The monoisotopic (exact) mass is 443 g/mol. The third kappa shape index (κ3) is 4.58. The fourth-order valence-corrected chi connectivity index (χ4v) is 3.01. The van der Waals surface area contributed by atoms with E-state index >= 15 is 0 Å². The van der Waals surface area contributed by atoms with Crippen LogP contribution in [-0.4, -0.2) is 29.9 Å². The molecule has 1 heterocycles. The molecule has 0 aliphatic carbocycles. The van der Waals surface area contributed by atoms with Crippen LogP contribution >= 0.6 is 15.9 Å². The molecular formula is C20H18BrN3O4. The third-order valence-electron chi connectivity index (χ3n) is 3.95. The number of nitrogens with zero attached hydrogens (tertiary/aromatic N) is 2. The first-order valence-electron chi connectivity index (χ1n) is 8.36. The van der Waals surface area contributed by atoms with Crippen LogP contribution in [0.25, 0.3) is 11.3 Å². The number of halogens is 1. The van der Waals surface area contributed by atoms with Crippen molar-refractivity contribution < 1.29 is 14.3 Å². The zero-order chi connectivity index (χ0) is 20.1. The molecule has 8 heteroatoms. The van der Waals surface area contributed by atoms with E-state index in [4.69, 9.17) is 9.47 Å². The van der Waals surface area contributed by atoms with E-state index in [2.05, 4.69) is 26.3 Å². The molecule has 1 amide bonds. The highest BCUT2D eigenvalue weighted by Crippen LogP contribution is 2.29. The van der Waals surface area contributed by atoms with Gasteiger partial charge in [0.2, 0.25) is 5.91 Å². The Morgan fingerprint density at radius 3 is 2.57 bits per heavy atom. The topological polar surface area (TPSA) is 82.5 Å². The van der Waals surface area contributed by atoms with Crippen LogP contribution in [0.5, 0.6) is 11.5 Å². The highest BCUT2D eigenvalue weighted by atomic mass is 79.9. The van der Waals surface area contributed by atoms with E-state index in [0.717, 1.165) is 14.7 Å². The first-order chi connectivity index (χ1) is 13.5. The molecule has 0 aliphatic heterocycles. The maximum Gasteiger partial charge on any atom is 0.267 e. The molecule has 0 radical (unpaired) electrons. The van der Waals surface area contributed by atoms with Crippen LogP contribution in [0, 0.1) is 0 Å². The van der Waals surface area contributed by atoms with Gasteiger partial charge in [0.05, 0.1) is 19.9 Å². The van der Waals surface area contributed by atoms with E-state index < -0.39 is 0 Å². The summed E-state index contributed by atoms with van der Waals surface area (Å²) in [6.07, 6.45) is 0. The highest BCUT2D eigenvalue weighted by molar-refractivity contribution is 9.10. The van der Waals surface area contributed by atoms with Crippen LogP contribution in [-0.2, 0) is 11.3 Å². The predicted molar refractivity (Wildman–Crippen MR) is 110 cm³/mol. The SMILES string of the molecule is COc1ccc(NC(=O)Cn2nc(-c3cccc(Br)c3)ccc2=O)cc1OC. The van der Waals surface area contributed by atoms with Gasteiger partial charge in [0.1, 0.15) is 6.54 Å². The molecule has 1 aromatic heterocycles. The Hall–Kier alpha value is -3.13. The number of benzene rings is 2. The van der Waals surface area contributed by atoms with Crippen molar-refractivity contribution in [2.45, 2.75) is 6.54 Å². The fourth-order valence-electron chi connectivity index (χ4n) is 2.61. The second-order valence-corrected chi connectivity index (χ2v) is 6.76. The number of methoxy groups -OCH3 is 2. The summed E-state index contributed by atoms with van der Waals surface area (Å²) in [4.78, 5) is 24.5. The Morgan fingerprint density at radius 2 is 1.86 bits per heavy atom. The Balaban J connectivity index is 1.79. The number of nitrogens with one attached hydrogen (secondary N) is 1. The summed E-state index contributed by atoms with van der Waals surface area (Å²) in [5.41, 5.74) is 1.60. The zero-order valence-electron chi connectivity index (χ0n) is 15.3. The van der Waals surface area contributed by atoms with Crippen molar-refractivity contribution in [2.75, 3.05) is 19.5 Å². The summed E-state index contributed by atoms with van der Waals surface area (Å²) in [7, 11) is 3.05. The summed E-state index contributed by atoms with van der Waals surface area (Å²) in [6, 6.07) is 15.6. The van der Waals surface area contributed by atoms with E-state index in [1.54, 1.807) is 24.3 Å². The average Bonchev–Trinajstić information content (AvgIpc) is 2.69. The van der Waals surface area contributed by atoms with Gasteiger partial charge in [0.15, 0.2) is 11.5 Å². The van der Waals surface area contributed by atoms with Crippen molar-refractivity contribution in [1.29, 1.82) is 0 Å². The van der Waals surface area contributed by atoms with Gasteiger partial charge in [-0.1, -0.05) is 28.1 Å². The molecule has 1 N–H and O–H groups in total. The molecule has 3 aromatic rings. The highest BCUT2D eigenvalue weighted by Gasteiger charge is 2.11. The van der Waals surface area contributed by atoms with E-state index in [1.807, 2.05) is 24.3 Å². The lowest BCUT2D eigenvalue weighted by atomic mass is 10.1. The van der Waals surface area contributed by atoms with Gasteiger partial charge in [0.25, 0.3) is 5.56 Å².